The Morgan fingerprint density at radius 3 is 2.38 bits per heavy atom. The number of ether oxygens (including phenoxy) is 3. The normalized spacial score (nSPS) is 11.3. The van der Waals surface area contributed by atoms with Crippen LogP contribution in [0.25, 0.3) is 0 Å². The molecule has 1 amide bonds. The van der Waals surface area contributed by atoms with Gasteiger partial charge in [-0.25, -0.2) is 4.79 Å². The van der Waals surface area contributed by atoms with Crippen LogP contribution >= 0.6 is 11.8 Å². The maximum absolute atomic E-state index is 12.5. The van der Waals surface area contributed by atoms with Crippen molar-refractivity contribution in [3.05, 3.63) is 48.0 Å². The third-order valence-electron chi connectivity index (χ3n) is 3.84. The maximum atomic E-state index is 12.5. The molecule has 7 nitrogen and oxygen atoms in total. The van der Waals surface area contributed by atoms with Gasteiger partial charge in [0.15, 0.2) is 17.6 Å². The van der Waals surface area contributed by atoms with E-state index in [0.717, 1.165) is 0 Å². The average Bonchev–Trinajstić information content (AvgIpc) is 2.72. The summed E-state index contributed by atoms with van der Waals surface area (Å²) in [7, 11) is 3.01. The monoisotopic (exact) mass is 417 g/mol. The van der Waals surface area contributed by atoms with Crippen molar-refractivity contribution >= 4 is 35.1 Å². The molecule has 0 aliphatic rings. The number of benzene rings is 2. The number of anilines is 1. The van der Waals surface area contributed by atoms with Gasteiger partial charge >= 0.3 is 5.97 Å². The van der Waals surface area contributed by atoms with Gasteiger partial charge in [0, 0.05) is 16.6 Å². The molecule has 2 aromatic rings. The van der Waals surface area contributed by atoms with Crippen molar-refractivity contribution in [2.24, 2.45) is 0 Å². The molecule has 0 heterocycles. The fourth-order valence-electron chi connectivity index (χ4n) is 2.38. The van der Waals surface area contributed by atoms with E-state index in [4.69, 9.17) is 14.2 Å². The second kappa shape index (κ2) is 10.5. The molecule has 0 unspecified atom stereocenters. The van der Waals surface area contributed by atoms with E-state index in [1.165, 1.54) is 39.8 Å². The molecule has 0 bridgehead atoms. The van der Waals surface area contributed by atoms with Gasteiger partial charge in [-0.3, -0.25) is 9.59 Å². The topological polar surface area (TPSA) is 90.9 Å². The molecule has 1 N–H and O–H groups in total. The van der Waals surface area contributed by atoms with Gasteiger partial charge in [0.1, 0.15) is 5.78 Å². The van der Waals surface area contributed by atoms with Crippen molar-refractivity contribution in [2.75, 3.05) is 25.3 Å². The Bertz CT molecular complexity index is 898. The third-order valence-corrected chi connectivity index (χ3v) is 5.06. The van der Waals surface area contributed by atoms with Crippen LogP contribution in [-0.2, 0) is 14.3 Å². The highest BCUT2D eigenvalue weighted by atomic mass is 32.2. The summed E-state index contributed by atoms with van der Waals surface area (Å²) in [6.07, 6.45) is -1.03. The highest BCUT2D eigenvalue weighted by Crippen LogP contribution is 2.30. The summed E-state index contributed by atoms with van der Waals surface area (Å²) in [5, 5.41) is 2.68. The fourth-order valence-corrected chi connectivity index (χ4v) is 3.22. The van der Waals surface area contributed by atoms with E-state index < -0.39 is 18.0 Å². The molecule has 29 heavy (non-hydrogen) atoms. The average molecular weight is 417 g/mol. The van der Waals surface area contributed by atoms with Crippen molar-refractivity contribution in [3.63, 3.8) is 0 Å². The smallest absolute Gasteiger partial charge is 0.340 e. The molecule has 2 rings (SSSR count). The van der Waals surface area contributed by atoms with Crippen LogP contribution in [0.3, 0.4) is 0 Å². The van der Waals surface area contributed by atoms with Crippen molar-refractivity contribution < 1.29 is 28.6 Å². The van der Waals surface area contributed by atoms with Crippen LogP contribution in [0.5, 0.6) is 11.5 Å². The van der Waals surface area contributed by atoms with Crippen molar-refractivity contribution in [1.82, 2.24) is 0 Å². The Morgan fingerprint density at radius 1 is 1.03 bits per heavy atom. The number of carbonyl (C=O) groups is 3. The molecule has 0 aliphatic carbocycles. The number of hydrogen-bond acceptors (Lipinski definition) is 7. The first kappa shape index (κ1) is 22.3. The largest absolute Gasteiger partial charge is 0.493 e. The summed E-state index contributed by atoms with van der Waals surface area (Å²) >= 11 is 1.25. The highest BCUT2D eigenvalue weighted by molar-refractivity contribution is 8.00. The SMILES string of the molecule is COc1ccc(NC(=O)[C@H](C)OC(=O)c2ccccc2SCC(C)=O)cc1OC. The van der Waals surface area contributed by atoms with E-state index in [2.05, 4.69) is 5.32 Å². The quantitative estimate of drug-likeness (QED) is 0.493. The Labute approximate surface area is 173 Å². The van der Waals surface area contributed by atoms with Gasteiger partial charge in [0.25, 0.3) is 5.91 Å². The van der Waals surface area contributed by atoms with Gasteiger partial charge in [-0.15, -0.1) is 11.8 Å². The number of thioether (sulfide) groups is 1. The van der Waals surface area contributed by atoms with Crippen LogP contribution in [0.4, 0.5) is 5.69 Å². The van der Waals surface area contributed by atoms with Crippen molar-refractivity contribution in [2.45, 2.75) is 24.8 Å². The van der Waals surface area contributed by atoms with Crippen LogP contribution < -0.4 is 14.8 Å². The summed E-state index contributed by atoms with van der Waals surface area (Å²) in [4.78, 5) is 36.8. The second-order valence-electron chi connectivity index (χ2n) is 6.09. The van der Waals surface area contributed by atoms with E-state index >= 15 is 0 Å². The minimum Gasteiger partial charge on any atom is -0.493 e. The highest BCUT2D eigenvalue weighted by Gasteiger charge is 2.21. The predicted octanol–water partition coefficient (Wildman–Crippen LogP) is 3.57. The van der Waals surface area contributed by atoms with Crippen molar-refractivity contribution in [1.29, 1.82) is 0 Å². The Hall–Kier alpha value is -3.00. The predicted molar refractivity (Wildman–Crippen MR) is 111 cm³/mol. The number of ketones is 1. The molecule has 8 heteroatoms. The van der Waals surface area contributed by atoms with E-state index in [-0.39, 0.29) is 11.5 Å². The molecular formula is C21H23NO6S. The number of hydrogen-bond donors (Lipinski definition) is 1. The minimum absolute atomic E-state index is 0.000774. The zero-order valence-electron chi connectivity index (χ0n) is 16.7. The molecule has 0 aromatic heterocycles. The first-order valence-electron chi connectivity index (χ1n) is 8.80. The van der Waals surface area contributed by atoms with Crippen LogP contribution in [-0.4, -0.2) is 43.7 Å². The number of esters is 1. The Kier molecular flexibility index (Phi) is 8.09. The summed E-state index contributed by atoms with van der Waals surface area (Å²) in [6, 6.07) is 11.7. The Balaban J connectivity index is 2.04. The second-order valence-corrected chi connectivity index (χ2v) is 7.11. The molecule has 0 spiro atoms. The first-order chi connectivity index (χ1) is 13.8. The molecule has 0 radical (unpaired) electrons. The lowest BCUT2D eigenvalue weighted by Crippen LogP contribution is -2.30. The lowest BCUT2D eigenvalue weighted by molar-refractivity contribution is -0.123. The van der Waals surface area contributed by atoms with Gasteiger partial charge in [-0.2, -0.15) is 0 Å². The van der Waals surface area contributed by atoms with E-state index in [1.807, 2.05) is 0 Å². The lowest BCUT2D eigenvalue weighted by atomic mass is 10.2. The number of Topliss-reactive ketones (excluding diaryl/α,β-unsaturated/α-hetero) is 1. The number of carbonyl (C=O) groups excluding carboxylic acids is 3. The van der Waals surface area contributed by atoms with Gasteiger partial charge in [-0.05, 0) is 38.1 Å². The first-order valence-corrected chi connectivity index (χ1v) is 9.79. The summed E-state index contributed by atoms with van der Waals surface area (Å²) < 4.78 is 15.7. The molecule has 0 saturated carbocycles. The van der Waals surface area contributed by atoms with E-state index in [0.29, 0.717) is 27.6 Å². The zero-order chi connectivity index (χ0) is 21.4. The van der Waals surface area contributed by atoms with Crippen LogP contribution in [0.15, 0.2) is 47.4 Å². The third kappa shape index (κ3) is 6.25. The molecule has 0 aliphatic heterocycles. The maximum Gasteiger partial charge on any atom is 0.340 e. The molecule has 2 aromatic carbocycles. The molecule has 0 fully saturated rings. The summed E-state index contributed by atoms with van der Waals surface area (Å²) in [6.45, 7) is 2.97. The molecule has 1 atom stereocenters. The number of amides is 1. The van der Waals surface area contributed by atoms with Gasteiger partial charge < -0.3 is 19.5 Å². The molecule has 154 valence electrons. The summed E-state index contributed by atoms with van der Waals surface area (Å²) in [5.41, 5.74) is 0.789. The fraction of sp³-hybridized carbons (Fsp3) is 0.286. The van der Waals surface area contributed by atoms with Gasteiger partial charge in [0.2, 0.25) is 0 Å². The van der Waals surface area contributed by atoms with Crippen molar-refractivity contribution in [3.8, 4) is 11.5 Å². The standard InChI is InChI=1S/C21H23NO6S/c1-13(23)12-29-19-8-6-5-7-16(19)21(25)28-14(2)20(24)22-15-9-10-17(26-3)18(11-15)27-4/h5-11,14H,12H2,1-4H3,(H,22,24)/t14-/m0/s1. The van der Waals surface area contributed by atoms with Gasteiger partial charge in [-0.1, -0.05) is 12.1 Å². The van der Waals surface area contributed by atoms with Crippen LogP contribution in [0, 0.1) is 0 Å². The number of nitrogens with one attached hydrogen (secondary N) is 1. The van der Waals surface area contributed by atoms with E-state index in [9.17, 15) is 14.4 Å². The number of methoxy groups -OCH3 is 2. The zero-order valence-corrected chi connectivity index (χ0v) is 17.5. The molecular weight excluding hydrogens is 394 g/mol. The van der Waals surface area contributed by atoms with E-state index in [1.54, 1.807) is 42.5 Å². The van der Waals surface area contributed by atoms with Crippen LogP contribution in [0.2, 0.25) is 0 Å². The minimum atomic E-state index is -1.03. The van der Waals surface area contributed by atoms with Crippen LogP contribution in [0.1, 0.15) is 24.2 Å². The molecule has 0 saturated heterocycles. The lowest BCUT2D eigenvalue weighted by Gasteiger charge is -2.16. The Morgan fingerprint density at radius 2 is 1.72 bits per heavy atom. The number of rotatable bonds is 9. The summed E-state index contributed by atoms with van der Waals surface area (Å²) in [5.74, 6) is 0.127. The van der Waals surface area contributed by atoms with Gasteiger partial charge in [0.05, 0.1) is 25.5 Å².